The van der Waals surface area contributed by atoms with Gasteiger partial charge >= 0.3 is 5.97 Å². The van der Waals surface area contributed by atoms with Gasteiger partial charge in [0.2, 0.25) is 0 Å². The lowest BCUT2D eigenvalue weighted by Gasteiger charge is -2.00. The Hall–Kier alpha value is -0.760. The quantitative estimate of drug-likeness (QED) is 0.912. The average Bonchev–Trinajstić information content (AvgIpc) is 2.84. The highest BCUT2D eigenvalue weighted by Gasteiger charge is 2.18. The van der Waals surface area contributed by atoms with Crippen LogP contribution in [-0.2, 0) is 4.79 Å². The van der Waals surface area contributed by atoms with E-state index in [1.807, 2.05) is 12.1 Å². The van der Waals surface area contributed by atoms with E-state index in [4.69, 9.17) is 10.8 Å². The Morgan fingerprint density at radius 3 is 2.88 bits per heavy atom. The summed E-state index contributed by atoms with van der Waals surface area (Å²) in [4.78, 5) is 15.9. The maximum Gasteiger partial charge on any atom is 0.326 e. The molecular weight excluding hydrogens is 312 g/mol. The Morgan fingerprint density at radius 1 is 1.56 bits per heavy atom. The lowest BCUT2D eigenvalue weighted by molar-refractivity contribution is -0.138. The Kier molecular flexibility index (Phi) is 3.38. The summed E-state index contributed by atoms with van der Waals surface area (Å²) in [5.74, 6) is -1.07. The Morgan fingerprint density at radius 2 is 2.31 bits per heavy atom. The molecular formula is C9H7BrN2O2S2. The molecule has 0 saturated heterocycles. The SMILES string of the molecule is NC(C(=O)O)c1csc(-c2ccc(Br)s2)n1. The fourth-order valence-electron chi connectivity index (χ4n) is 1.10. The summed E-state index contributed by atoms with van der Waals surface area (Å²) >= 11 is 6.31. The Bertz CT molecular complexity index is 523. The third-order valence-corrected chi connectivity index (χ3v) is 4.54. The molecule has 0 aliphatic carbocycles. The van der Waals surface area contributed by atoms with Crippen molar-refractivity contribution in [1.82, 2.24) is 4.98 Å². The lowest BCUT2D eigenvalue weighted by Crippen LogP contribution is -2.20. The molecule has 2 rings (SSSR count). The van der Waals surface area contributed by atoms with E-state index >= 15 is 0 Å². The van der Waals surface area contributed by atoms with Crippen molar-refractivity contribution in [3.05, 3.63) is 27.0 Å². The smallest absolute Gasteiger partial charge is 0.326 e. The van der Waals surface area contributed by atoms with Gasteiger partial charge in [0.05, 0.1) is 14.4 Å². The van der Waals surface area contributed by atoms with E-state index in [-0.39, 0.29) is 0 Å². The molecule has 2 heterocycles. The standard InChI is InChI=1S/C9H7BrN2O2S2/c10-6-2-1-5(16-6)8-12-4(3-15-8)7(11)9(13)14/h1-3,7H,11H2,(H,13,14). The molecule has 1 atom stereocenters. The molecule has 3 N–H and O–H groups in total. The van der Waals surface area contributed by atoms with Gasteiger partial charge in [-0.1, -0.05) is 0 Å². The predicted molar refractivity (Wildman–Crippen MR) is 67.7 cm³/mol. The zero-order valence-electron chi connectivity index (χ0n) is 7.88. The van der Waals surface area contributed by atoms with Gasteiger partial charge in [-0.05, 0) is 28.1 Å². The van der Waals surface area contributed by atoms with Gasteiger partial charge in [0, 0.05) is 5.38 Å². The summed E-state index contributed by atoms with van der Waals surface area (Å²) in [6, 6.07) is 2.82. The molecule has 84 valence electrons. The molecule has 16 heavy (non-hydrogen) atoms. The minimum Gasteiger partial charge on any atom is -0.480 e. The molecule has 2 aromatic heterocycles. The van der Waals surface area contributed by atoms with Crippen molar-refractivity contribution < 1.29 is 9.90 Å². The van der Waals surface area contributed by atoms with E-state index in [9.17, 15) is 4.79 Å². The van der Waals surface area contributed by atoms with Crippen molar-refractivity contribution in [2.75, 3.05) is 0 Å². The van der Waals surface area contributed by atoms with Crippen LogP contribution < -0.4 is 5.73 Å². The molecule has 2 aromatic rings. The molecule has 0 aromatic carbocycles. The number of halogens is 1. The summed E-state index contributed by atoms with van der Waals surface area (Å²) < 4.78 is 1.02. The minimum absolute atomic E-state index is 0.400. The molecule has 0 bridgehead atoms. The third-order valence-electron chi connectivity index (χ3n) is 1.89. The van der Waals surface area contributed by atoms with E-state index in [0.29, 0.717) is 5.69 Å². The largest absolute Gasteiger partial charge is 0.480 e. The van der Waals surface area contributed by atoms with Crippen molar-refractivity contribution in [3.63, 3.8) is 0 Å². The van der Waals surface area contributed by atoms with Gasteiger partial charge in [0.25, 0.3) is 0 Å². The number of carbonyl (C=O) groups is 1. The first-order chi connectivity index (χ1) is 7.58. The zero-order valence-corrected chi connectivity index (χ0v) is 11.1. The van der Waals surface area contributed by atoms with Crippen LogP contribution in [0.4, 0.5) is 0 Å². The van der Waals surface area contributed by atoms with Gasteiger partial charge in [-0.25, -0.2) is 4.98 Å². The summed E-state index contributed by atoms with van der Waals surface area (Å²) in [6.45, 7) is 0. The number of carboxylic acids is 1. The first kappa shape index (κ1) is 11.7. The molecule has 0 amide bonds. The van der Waals surface area contributed by atoms with Gasteiger partial charge in [-0.2, -0.15) is 0 Å². The van der Waals surface area contributed by atoms with Crippen LogP contribution in [-0.4, -0.2) is 16.1 Å². The fourth-order valence-corrected chi connectivity index (χ4v) is 3.41. The minimum atomic E-state index is -1.07. The average molecular weight is 319 g/mol. The highest BCUT2D eigenvalue weighted by atomic mass is 79.9. The summed E-state index contributed by atoms with van der Waals surface area (Å²) in [5.41, 5.74) is 5.87. The van der Waals surface area contributed by atoms with Crippen molar-refractivity contribution in [2.24, 2.45) is 5.73 Å². The lowest BCUT2D eigenvalue weighted by atomic mass is 10.2. The van der Waals surface area contributed by atoms with Crippen LogP contribution in [0.5, 0.6) is 0 Å². The number of thiazole rings is 1. The highest BCUT2D eigenvalue weighted by Crippen LogP contribution is 2.33. The monoisotopic (exact) mass is 318 g/mol. The molecule has 1 unspecified atom stereocenters. The topological polar surface area (TPSA) is 76.2 Å². The number of carboxylic acid groups (broad SMARTS) is 1. The molecule has 0 saturated carbocycles. The number of aliphatic carboxylic acids is 1. The first-order valence-electron chi connectivity index (χ1n) is 4.27. The fraction of sp³-hybridized carbons (Fsp3) is 0.111. The van der Waals surface area contributed by atoms with E-state index in [1.165, 1.54) is 11.3 Å². The number of rotatable bonds is 3. The second-order valence-corrected chi connectivity index (χ2v) is 6.32. The second kappa shape index (κ2) is 4.62. The first-order valence-corrected chi connectivity index (χ1v) is 6.76. The highest BCUT2D eigenvalue weighted by molar-refractivity contribution is 9.11. The maximum absolute atomic E-state index is 10.7. The zero-order chi connectivity index (χ0) is 11.7. The van der Waals surface area contributed by atoms with Crippen molar-refractivity contribution in [1.29, 1.82) is 0 Å². The molecule has 0 spiro atoms. The Labute approximate surface area is 108 Å². The number of hydrogen-bond donors (Lipinski definition) is 2. The molecule has 7 heteroatoms. The molecule has 0 aliphatic heterocycles. The van der Waals surface area contributed by atoms with Gasteiger partial charge in [0.1, 0.15) is 11.0 Å². The van der Waals surface area contributed by atoms with Crippen molar-refractivity contribution in [2.45, 2.75) is 6.04 Å². The normalized spacial score (nSPS) is 12.6. The van der Waals surface area contributed by atoms with Crippen LogP contribution in [0.3, 0.4) is 0 Å². The van der Waals surface area contributed by atoms with Crippen LogP contribution >= 0.6 is 38.6 Å². The van der Waals surface area contributed by atoms with Gasteiger partial charge in [0.15, 0.2) is 0 Å². The maximum atomic E-state index is 10.7. The number of hydrogen-bond acceptors (Lipinski definition) is 5. The van der Waals surface area contributed by atoms with Crippen molar-refractivity contribution >= 4 is 44.6 Å². The Balaban J connectivity index is 2.29. The molecule has 0 aliphatic rings. The van der Waals surface area contributed by atoms with Gasteiger partial charge < -0.3 is 10.8 Å². The van der Waals surface area contributed by atoms with Crippen LogP contribution in [0.25, 0.3) is 9.88 Å². The number of nitrogens with zero attached hydrogens (tertiary/aromatic N) is 1. The van der Waals surface area contributed by atoms with E-state index in [2.05, 4.69) is 20.9 Å². The van der Waals surface area contributed by atoms with Gasteiger partial charge in [-0.3, -0.25) is 4.79 Å². The van der Waals surface area contributed by atoms with Gasteiger partial charge in [-0.15, -0.1) is 22.7 Å². The number of thiophene rings is 1. The van der Waals surface area contributed by atoms with Crippen molar-refractivity contribution in [3.8, 4) is 9.88 Å². The molecule has 4 nitrogen and oxygen atoms in total. The summed E-state index contributed by atoms with van der Waals surface area (Å²) in [5, 5.41) is 11.2. The van der Waals surface area contributed by atoms with Crippen LogP contribution in [0.15, 0.2) is 21.3 Å². The second-order valence-electron chi connectivity index (χ2n) is 3.00. The van der Waals surface area contributed by atoms with E-state index < -0.39 is 12.0 Å². The van der Waals surface area contributed by atoms with E-state index in [1.54, 1.807) is 16.7 Å². The van der Waals surface area contributed by atoms with Crippen LogP contribution in [0.2, 0.25) is 0 Å². The van der Waals surface area contributed by atoms with Crippen LogP contribution in [0.1, 0.15) is 11.7 Å². The third kappa shape index (κ3) is 2.32. The summed E-state index contributed by atoms with van der Waals surface area (Å²) in [7, 11) is 0. The number of nitrogens with two attached hydrogens (primary N) is 1. The molecule has 0 radical (unpaired) electrons. The predicted octanol–water partition coefficient (Wildman–Crippen LogP) is 2.72. The van der Waals surface area contributed by atoms with E-state index in [0.717, 1.165) is 13.7 Å². The summed E-state index contributed by atoms with van der Waals surface area (Å²) in [6.07, 6.45) is 0. The molecule has 0 fully saturated rings. The number of aromatic nitrogens is 1. The van der Waals surface area contributed by atoms with Crippen LogP contribution in [0, 0.1) is 0 Å².